The van der Waals surface area contributed by atoms with E-state index in [-0.39, 0.29) is 0 Å². The minimum atomic E-state index is 0.949. The molecule has 0 unspecified atom stereocenters. The number of hydrogen-bond donors (Lipinski definition) is 0. The van der Waals surface area contributed by atoms with Crippen LogP contribution < -0.4 is 0 Å². The molecule has 1 heterocycles. The molecule has 0 spiro atoms. The first-order valence-electron chi connectivity index (χ1n) is 3.04. The van der Waals surface area contributed by atoms with Gasteiger partial charge in [0.25, 0.3) is 0 Å². The standard InChI is InChI=1S/C7H8BrClS/c1-5-4-10-6(2-3-8)7(5)9/h4H,2-3H2,1H3. The lowest BCUT2D eigenvalue weighted by Gasteiger charge is -1.91. The van der Waals surface area contributed by atoms with Crippen molar-refractivity contribution in [1.82, 2.24) is 0 Å². The Bertz CT molecular complexity index is 219. The highest BCUT2D eigenvalue weighted by Crippen LogP contribution is 2.27. The summed E-state index contributed by atoms with van der Waals surface area (Å²) in [6.07, 6.45) is 1.04. The molecule has 1 rings (SSSR count). The molecule has 0 saturated carbocycles. The molecule has 0 nitrogen and oxygen atoms in total. The van der Waals surface area contributed by atoms with Crippen molar-refractivity contribution in [2.24, 2.45) is 0 Å². The fourth-order valence-electron chi connectivity index (χ4n) is 0.737. The first-order chi connectivity index (χ1) is 4.75. The molecule has 3 heteroatoms. The SMILES string of the molecule is Cc1csc(CCBr)c1Cl. The summed E-state index contributed by atoms with van der Waals surface area (Å²) in [7, 11) is 0. The van der Waals surface area contributed by atoms with Crippen LogP contribution in [0.15, 0.2) is 5.38 Å². The van der Waals surface area contributed by atoms with Crippen LogP contribution in [-0.2, 0) is 6.42 Å². The van der Waals surface area contributed by atoms with Crippen molar-refractivity contribution >= 4 is 38.9 Å². The molecule has 0 radical (unpaired) electrons. The molecular formula is C7H8BrClS. The molecule has 0 fully saturated rings. The molecule has 0 atom stereocenters. The van der Waals surface area contributed by atoms with Gasteiger partial charge in [0.2, 0.25) is 0 Å². The first-order valence-corrected chi connectivity index (χ1v) is 5.42. The molecule has 0 bridgehead atoms. The molecule has 1 aromatic rings. The van der Waals surface area contributed by atoms with Gasteiger partial charge >= 0.3 is 0 Å². The number of halogens is 2. The summed E-state index contributed by atoms with van der Waals surface area (Å²) in [6.45, 7) is 2.04. The minimum Gasteiger partial charge on any atom is -0.147 e. The van der Waals surface area contributed by atoms with Gasteiger partial charge in [-0.2, -0.15) is 0 Å². The molecular weight excluding hydrogens is 232 g/mol. The molecule has 0 saturated heterocycles. The lowest BCUT2D eigenvalue weighted by Crippen LogP contribution is -1.80. The largest absolute Gasteiger partial charge is 0.147 e. The molecule has 56 valence electrons. The molecule has 0 aromatic carbocycles. The van der Waals surface area contributed by atoms with Crippen LogP contribution in [0.4, 0.5) is 0 Å². The summed E-state index contributed by atoms with van der Waals surface area (Å²) in [5.41, 5.74) is 1.20. The average Bonchev–Trinajstić information content (AvgIpc) is 2.20. The van der Waals surface area contributed by atoms with Crippen molar-refractivity contribution in [2.75, 3.05) is 5.33 Å². The Balaban J connectivity index is 2.83. The molecule has 1 aromatic heterocycles. The zero-order valence-electron chi connectivity index (χ0n) is 5.66. The van der Waals surface area contributed by atoms with Crippen LogP contribution >= 0.6 is 38.9 Å². The van der Waals surface area contributed by atoms with Crippen LogP contribution in [-0.4, -0.2) is 5.33 Å². The minimum absolute atomic E-state index is 0.949. The highest BCUT2D eigenvalue weighted by molar-refractivity contribution is 9.09. The van der Waals surface area contributed by atoms with Crippen molar-refractivity contribution in [3.05, 3.63) is 20.8 Å². The van der Waals surface area contributed by atoms with E-state index in [1.54, 1.807) is 11.3 Å². The fourth-order valence-corrected chi connectivity index (χ4v) is 2.66. The van der Waals surface area contributed by atoms with E-state index in [9.17, 15) is 0 Å². The van der Waals surface area contributed by atoms with Gasteiger partial charge < -0.3 is 0 Å². The van der Waals surface area contributed by atoms with Gasteiger partial charge in [0.1, 0.15) is 0 Å². The maximum atomic E-state index is 5.98. The zero-order chi connectivity index (χ0) is 7.56. The highest BCUT2D eigenvalue weighted by Gasteiger charge is 2.03. The van der Waals surface area contributed by atoms with Gasteiger partial charge in [-0.3, -0.25) is 0 Å². The number of thiophene rings is 1. The molecule has 0 aliphatic heterocycles. The molecule has 0 aliphatic carbocycles. The summed E-state index contributed by atoms with van der Waals surface area (Å²) in [5, 5.41) is 4.04. The average molecular weight is 240 g/mol. The number of aryl methyl sites for hydroxylation is 2. The Kier molecular flexibility index (Phi) is 3.21. The van der Waals surface area contributed by atoms with Crippen LogP contribution in [0, 0.1) is 6.92 Å². The molecule has 0 N–H and O–H groups in total. The molecule has 0 aliphatic rings. The lowest BCUT2D eigenvalue weighted by molar-refractivity contribution is 1.21. The normalized spacial score (nSPS) is 10.3. The third kappa shape index (κ3) is 1.74. The van der Waals surface area contributed by atoms with Gasteiger partial charge in [-0.05, 0) is 24.3 Å². The summed E-state index contributed by atoms with van der Waals surface area (Å²) < 4.78 is 0. The highest BCUT2D eigenvalue weighted by atomic mass is 79.9. The van der Waals surface area contributed by atoms with E-state index in [0.29, 0.717) is 0 Å². The van der Waals surface area contributed by atoms with E-state index in [2.05, 4.69) is 21.3 Å². The fraction of sp³-hybridized carbons (Fsp3) is 0.429. The van der Waals surface area contributed by atoms with Crippen LogP contribution in [0.2, 0.25) is 5.02 Å². The summed E-state index contributed by atoms with van der Waals surface area (Å²) in [6, 6.07) is 0. The first kappa shape index (κ1) is 8.57. The molecule has 0 amide bonds. The summed E-state index contributed by atoms with van der Waals surface area (Å²) in [4.78, 5) is 1.29. The number of rotatable bonds is 2. The Morgan fingerprint density at radius 3 is 2.80 bits per heavy atom. The van der Waals surface area contributed by atoms with E-state index >= 15 is 0 Å². The van der Waals surface area contributed by atoms with Crippen molar-refractivity contribution in [3.8, 4) is 0 Å². The Labute approximate surface area is 78.3 Å². The molecule has 10 heavy (non-hydrogen) atoms. The van der Waals surface area contributed by atoms with E-state index in [1.165, 1.54) is 10.4 Å². The van der Waals surface area contributed by atoms with E-state index in [1.807, 2.05) is 6.92 Å². The zero-order valence-corrected chi connectivity index (χ0v) is 8.81. The van der Waals surface area contributed by atoms with Gasteiger partial charge in [0, 0.05) is 10.2 Å². The maximum absolute atomic E-state index is 5.98. The third-order valence-corrected chi connectivity index (χ3v) is 3.49. The lowest BCUT2D eigenvalue weighted by atomic mass is 10.3. The second-order valence-corrected chi connectivity index (χ2v) is 4.23. The van der Waals surface area contributed by atoms with Crippen molar-refractivity contribution in [3.63, 3.8) is 0 Å². The quantitative estimate of drug-likeness (QED) is 0.691. The van der Waals surface area contributed by atoms with E-state index in [0.717, 1.165) is 16.8 Å². The maximum Gasteiger partial charge on any atom is 0.0574 e. The van der Waals surface area contributed by atoms with Gasteiger partial charge in [0.05, 0.1) is 5.02 Å². The number of alkyl halides is 1. The van der Waals surface area contributed by atoms with Crippen LogP contribution in [0.1, 0.15) is 10.4 Å². The predicted molar refractivity (Wildman–Crippen MR) is 51.6 cm³/mol. The van der Waals surface area contributed by atoms with Crippen LogP contribution in [0.25, 0.3) is 0 Å². The topological polar surface area (TPSA) is 0 Å². The Morgan fingerprint density at radius 1 is 1.70 bits per heavy atom. The summed E-state index contributed by atoms with van der Waals surface area (Å²) >= 11 is 11.1. The van der Waals surface area contributed by atoms with Gasteiger partial charge in [-0.15, -0.1) is 11.3 Å². The van der Waals surface area contributed by atoms with Crippen LogP contribution in [0.5, 0.6) is 0 Å². The van der Waals surface area contributed by atoms with Crippen molar-refractivity contribution < 1.29 is 0 Å². The van der Waals surface area contributed by atoms with Gasteiger partial charge in [-0.25, -0.2) is 0 Å². The van der Waals surface area contributed by atoms with Crippen LogP contribution in [0.3, 0.4) is 0 Å². The van der Waals surface area contributed by atoms with E-state index < -0.39 is 0 Å². The monoisotopic (exact) mass is 238 g/mol. The Morgan fingerprint density at radius 2 is 2.40 bits per heavy atom. The van der Waals surface area contributed by atoms with Crippen molar-refractivity contribution in [2.45, 2.75) is 13.3 Å². The second kappa shape index (κ2) is 3.74. The van der Waals surface area contributed by atoms with Gasteiger partial charge in [0.15, 0.2) is 0 Å². The smallest absolute Gasteiger partial charge is 0.0574 e. The summed E-state index contributed by atoms with van der Waals surface area (Å²) in [5.74, 6) is 0. The van der Waals surface area contributed by atoms with Crippen molar-refractivity contribution in [1.29, 1.82) is 0 Å². The Hall–Kier alpha value is 0.470. The van der Waals surface area contributed by atoms with Gasteiger partial charge in [-0.1, -0.05) is 27.5 Å². The number of hydrogen-bond acceptors (Lipinski definition) is 1. The predicted octanol–water partition coefficient (Wildman–Crippen LogP) is 3.65. The van der Waals surface area contributed by atoms with E-state index in [4.69, 9.17) is 11.6 Å². The second-order valence-electron chi connectivity index (χ2n) is 2.09. The third-order valence-electron chi connectivity index (χ3n) is 1.29.